The van der Waals surface area contributed by atoms with Crippen LogP contribution in [0.3, 0.4) is 0 Å². The van der Waals surface area contributed by atoms with E-state index in [4.69, 9.17) is 16.3 Å². The molecule has 0 bridgehead atoms. The largest absolute Gasteiger partial charge is 0.491 e. The second-order valence-electron chi connectivity index (χ2n) is 7.10. The number of halogens is 2. The Morgan fingerprint density at radius 2 is 2.16 bits per heavy atom. The summed E-state index contributed by atoms with van der Waals surface area (Å²) in [6.45, 7) is 3.78. The van der Waals surface area contributed by atoms with Gasteiger partial charge in [-0.15, -0.1) is 0 Å². The third kappa shape index (κ3) is 2.42. The number of hydrogen-bond acceptors (Lipinski definition) is 3. The van der Waals surface area contributed by atoms with Gasteiger partial charge in [0, 0.05) is 35.6 Å². The van der Waals surface area contributed by atoms with Gasteiger partial charge < -0.3 is 15.0 Å². The number of rotatable bonds is 1. The maximum atomic E-state index is 14.5. The molecule has 3 aliphatic rings. The summed E-state index contributed by atoms with van der Waals surface area (Å²) in [5.41, 5.74) is 3.97. The molecule has 0 unspecified atom stereocenters. The number of hydrogen-bond donors (Lipinski definition) is 1. The average Bonchev–Trinajstić information content (AvgIpc) is 2.77. The third-order valence-electron chi connectivity index (χ3n) is 5.68. The Morgan fingerprint density at radius 3 is 3.04 bits per heavy atom. The molecule has 130 valence electrons. The zero-order valence-electron chi connectivity index (χ0n) is 13.9. The molecule has 0 aliphatic carbocycles. The van der Waals surface area contributed by atoms with Crippen molar-refractivity contribution >= 4 is 17.3 Å². The molecule has 1 saturated heterocycles. The van der Waals surface area contributed by atoms with Gasteiger partial charge in [-0.05, 0) is 60.8 Å². The van der Waals surface area contributed by atoms with Gasteiger partial charge in [-0.25, -0.2) is 4.39 Å². The molecule has 2 aromatic carbocycles. The van der Waals surface area contributed by atoms with E-state index in [1.165, 1.54) is 17.3 Å². The summed E-state index contributed by atoms with van der Waals surface area (Å²) in [7, 11) is 0. The highest BCUT2D eigenvalue weighted by Gasteiger charge is 2.42. The topological polar surface area (TPSA) is 24.5 Å². The Balaban J connectivity index is 1.69. The van der Waals surface area contributed by atoms with Crippen molar-refractivity contribution in [1.82, 2.24) is 5.32 Å². The summed E-state index contributed by atoms with van der Waals surface area (Å²) in [6.07, 6.45) is 2.17. The molecular formula is C20H20ClFN2O. The Morgan fingerprint density at radius 1 is 1.24 bits per heavy atom. The van der Waals surface area contributed by atoms with Gasteiger partial charge in [0.25, 0.3) is 0 Å². The van der Waals surface area contributed by atoms with Gasteiger partial charge in [-0.2, -0.15) is 0 Å². The molecule has 2 aromatic rings. The average molecular weight is 359 g/mol. The third-order valence-corrected chi connectivity index (χ3v) is 5.92. The summed E-state index contributed by atoms with van der Waals surface area (Å²) < 4.78 is 20.5. The molecule has 0 radical (unpaired) electrons. The van der Waals surface area contributed by atoms with Gasteiger partial charge in [0.1, 0.15) is 11.6 Å². The molecule has 25 heavy (non-hydrogen) atoms. The molecule has 5 heteroatoms. The standard InChI is InChI=1S/C20H20ClFN2O/c21-13-2-3-14(17(22)10-13)12-8-15-16-11-23-5-4-18(16)24-6-1-7-25-19(9-12)20(15)24/h2-3,8-10,16,18,23H,1,4-7,11H2/t16-,18-/m0/s1. The molecule has 3 nitrogen and oxygen atoms in total. The lowest BCUT2D eigenvalue weighted by Gasteiger charge is -2.33. The Labute approximate surface area is 151 Å². The highest BCUT2D eigenvalue weighted by Crippen LogP contribution is 2.51. The van der Waals surface area contributed by atoms with Gasteiger partial charge >= 0.3 is 0 Å². The molecule has 3 aliphatic heterocycles. The summed E-state index contributed by atoms with van der Waals surface area (Å²) in [5.74, 6) is 1.05. The van der Waals surface area contributed by atoms with Crippen molar-refractivity contribution in [3.8, 4) is 16.9 Å². The van der Waals surface area contributed by atoms with E-state index in [1.807, 2.05) is 6.07 Å². The lowest BCUT2D eigenvalue weighted by Crippen LogP contribution is -2.44. The molecule has 0 saturated carbocycles. The summed E-state index contributed by atoms with van der Waals surface area (Å²) in [5, 5.41) is 3.93. The first-order valence-electron chi connectivity index (χ1n) is 8.96. The van der Waals surface area contributed by atoms with Crippen LogP contribution in [0, 0.1) is 5.82 Å². The summed E-state index contributed by atoms with van der Waals surface area (Å²) in [6, 6.07) is 9.55. The van der Waals surface area contributed by atoms with Crippen LogP contribution >= 0.6 is 11.6 Å². The van der Waals surface area contributed by atoms with Crippen molar-refractivity contribution in [2.24, 2.45) is 0 Å². The predicted molar refractivity (Wildman–Crippen MR) is 98.3 cm³/mol. The molecule has 5 rings (SSSR count). The van der Waals surface area contributed by atoms with Gasteiger partial charge in [-0.1, -0.05) is 11.6 Å². The van der Waals surface area contributed by atoms with Crippen molar-refractivity contribution in [2.75, 3.05) is 31.1 Å². The van der Waals surface area contributed by atoms with Crippen molar-refractivity contribution < 1.29 is 9.13 Å². The van der Waals surface area contributed by atoms with Crippen LogP contribution in [0.5, 0.6) is 5.75 Å². The summed E-state index contributed by atoms with van der Waals surface area (Å²) >= 11 is 5.92. The number of nitrogens with one attached hydrogen (secondary N) is 1. The second-order valence-corrected chi connectivity index (χ2v) is 7.53. The first kappa shape index (κ1) is 15.5. The van der Waals surface area contributed by atoms with Crippen LogP contribution in [0.15, 0.2) is 30.3 Å². The maximum Gasteiger partial charge on any atom is 0.143 e. The minimum atomic E-state index is -0.290. The zero-order chi connectivity index (χ0) is 17.0. The number of ether oxygens (including phenoxy) is 1. The molecule has 0 amide bonds. The predicted octanol–water partition coefficient (Wildman–Crippen LogP) is 4.19. The number of nitrogens with zero attached hydrogens (tertiary/aromatic N) is 1. The monoisotopic (exact) mass is 358 g/mol. The van der Waals surface area contributed by atoms with Crippen LogP contribution in [-0.2, 0) is 0 Å². The smallest absolute Gasteiger partial charge is 0.143 e. The Bertz CT molecular complexity index is 841. The van der Waals surface area contributed by atoms with Gasteiger partial charge in [-0.3, -0.25) is 0 Å². The maximum absolute atomic E-state index is 14.5. The Kier molecular flexibility index (Phi) is 3.64. The van der Waals surface area contributed by atoms with E-state index in [0.717, 1.165) is 43.8 Å². The molecule has 1 fully saturated rings. The van der Waals surface area contributed by atoms with Crippen LogP contribution in [0.1, 0.15) is 24.3 Å². The van der Waals surface area contributed by atoms with Crippen LogP contribution < -0.4 is 15.0 Å². The first-order chi connectivity index (χ1) is 12.2. The van der Waals surface area contributed by atoms with E-state index in [0.29, 0.717) is 29.2 Å². The van der Waals surface area contributed by atoms with Gasteiger partial charge in [0.15, 0.2) is 0 Å². The van der Waals surface area contributed by atoms with E-state index in [-0.39, 0.29) is 5.82 Å². The number of benzene rings is 2. The van der Waals surface area contributed by atoms with E-state index in [9.17, 15) is 4.39 Å². The van der Waals surface area contributed by atoms with E-state index in [2.05, 4.69) is 16.3 Å². The number of piperidine rings is 1. The number of fused-ring (bicyclic) bond motifs is 3. The van der Waals surface area contributed by atoms with Crippen LogP contribution in [0.2, 0.25) is 5.02 Å². The van der Waals surface area contributed by atoms with Crippen LogP contribution in [-0.4, -0.2) is 32.3 Å². The quantitative estimate of drug-likeness (QED) is 0.827. The van der Waals surface area contributed by atoms with Crippen LogP contribution in [0.25, 0.3) is 11.1 Å². The molecule has 1 N–H and O–H groups in total. The first-order valence-corrected chi connectivity index (χ1v) is 9.34. The van der Waals surface area contributed by atoms with E-state index in [1.54, 1.807) is 12.1 Å². The lowest BCUT2D eigenvalue weighted by atomic mass is 9.88. The van der Waals surface area contributed by atoms with E-state index >= 15 is 0 Å². The molecule has 3 heterocycles. The fourth-order valence-corrected chi connectivity index (χ4v) is 4.76. The van der Waals surface area contributed by atoms with Crippen molar-refractivity contribution in [1.29, 1.82) is 0 Å². The fourth-order valence-electron chi connectivity index (χ4n) is 4.60. The van der Waals surface area contributed by atoms with Crippen molar-refractivity contribution in [3.63, 3.8) is 0 Å². The molecule has 0 spiro atoms. The normalized spacial score (nSPS) is 24.3. The minimum absolute atomic E-state index is 0.290. The second kappa shape index (κ2) is 5.89. The minimum Gasteiger partial charge on any atom is -0.491 e. The fraction of sp³-hybridized carbons (Fsp3) is 0.400. The van der Waals surface area contributed by atoms with Crippen LogP contribution in [0.4, 0.5) is 10.1 Å². The molecule has 0 aromatic heterocycles. The highest BCUT2D eigenvalue weighted by atomic mass is 35.5. The highest BCUT2D eigenvalue weighted by molar-refractivity contribution is 6.30. The van der Waals surface area contributed by atoms with Crippen molar-refractivity contribution in [2.45, 2.75) is 24.8 Å². The lowest BCUT2D eigenvalue weighted by molar-refractivity contribution is 0.319. The molecular weight excluding hydrogens is 339 g/mol. The summed E-state index contributed by atoms with van der Waals surface area (Å²) in [4.78, 5) is 2.53. The molecule has 2 atom stereocenters. The van der Waals surface area contributed by atoms with Gasteiger partial charge in [0.05, 0.1) is 12.3 Å². The van der Waals surface area contributed by atoms with E-state index < -0.39 is 0 Å². The number of anilines is 1. The van der Waals surface area contributed by atoms with Crippen molar-refractivity contribution in [3.05, 3.63) is 46.7 Å². The van der Waals surface area contributed by atoms with Gasteiger partial charge in [0.2, 0.25) is 0 Å². The Hall–Kier alpha value is -1.78. The SMILES string of the molecule is Fc1cc(Cl)ccc1-c1cc2c3c(c1)[C@@H]1CNCC[C@@H]1N3CCCO2. The zero-order valence-corrected chi connectivity index (χ0v) is 14.7.